The summed E-state index contributed by atoms with van der Waals surface area (Å²) in [6, 6.07) is 5.16. The highest BCUT2D eigenvalue weighted by atomic mass is 35.5. The molecule has 28 heavy (non-hydrogen) atoms. The minimum absolute atomic E-state index is 0.00996. The molecule has 0 aromatic heterocycles. The number of piperidine rings is 1. The van der Waals surface area contributed by atoms with Crippen LogP contribution in [0.15, 0.2) is 29.3 Å². The number of halogens is 1. The van der Waals surface area contributed by atoms with E-state index in [9.17, 15) is 18.0 Å². The lowest BCUT2D eigenvalue weighted by Crippen LogP contribution is -2.49. The maximum absolute atomic E-state index is 13.1. The number of nitrogens with zero attached hydrogens (tertiary/aromatic N) is 1. The fourth-order valence-electron chi connectivity index (χ4n) is 3.70. The van der Waals surface area contributed by atoms with Crippen LogP contribution in [-0.4, -0.2) is 49.0 Å². The van der Waals surface area contributed by atoms with E-state index in [1.165, 1.54) is 4.31 Å². The lowest BCUT2D eigenvalue weighted by molar-refractivity contribution is -0.149. The Bertz CT molecular complexity index is 963. The maximum Gasteiger partial charge on any atom is 0.335 e. The number of rotatable bonds is 4. The van der Waals surface area contributed by atoms with Crippen LogP contribution in [0.25, 0.3) is 0 Å². The minimum Gasteiger partial charge on any atom is -0.450 e. The van der Waals surface area contributed by atoms with Gasteiger partial charge in [0.05, 0.1) is 11.3 Å². The smallest absolute Gasteiger partial charge is 0.335 e. The van der Waals surface area contributed by atoms with Crippen LogP contribution in [0.5, 0.6) is 0 Å². The van der Waals surface area contributed by atoms with Crippen molar-refractivity contribution < 1.29 is 22.7 Å². The van der Waals surface area contributed by atoms with Crippen molar-refractivity contribution in [3.05, 3.63) is 39.9 Å². The van der Waals surface area contributed by atoms with Crippen molar-refractivity contribution in [3.63, 3.8) is 0 Å². The third-order valence-corrected chi connectivity index (χ3v) is 7.50. The van der Waals surface area contributed by atoms with Crippen molar-refractivity contribution >= 4 is 39.2 Å². The predicted octanol–water partition coefficient (Wildman–Crippen LogP) is 2.64. The molecule has 2 aliphatic heterocycles. The normalized spacial score (nSPS) is 19.8. The Balaban J connectivity index is 1.87. The van der Waals surface area contributed by atoms with Crippen molar-refractivity contribution in [3.8, 4) is 0 Å². The predicted molar refractivity (Wildman–Crippen MR) is 107 cm³/mol. The molecule has 3 rings (SSSR count). The highest BCUT2D eigenvalue weighted by Gasteiger charge is 2.51. The molecule has 1 fully saturated rings. The van der Waals surface area contributed by atoms with Crippen molar-refractivity contribution in [2.75, 3.05) is 24.2 Å². The largest absolute Gasteiger partial charge is 0.450 e. The molecule has 0 bridgehead atoms. The Kier molecular flexibility index (Phi) is 5.58. The van der Waals surface area contributed by atoms with Crippen LogP contribution in [-0.2, 0) is 24.3 Å². The number of sulfonamides is 1. The van der Waals surface area contributed by atoms with Crippen LogP contribution in [0.1, 0.15) is 32.3 Å². The number of carbonyl (C=O) groups excluding carboxylic acids is 2. The van der Waals surface area contributed by atoms with Gasteiger partial charge in [0.1, 0.15) is 5.60 Å². The number of esters is 1. The first kappa shape index (κ1) is 20.8. The van der Waals surface area contributed by atoms with Gasteiger partial charge < -0.3 is 10.1 Å². The third-order valence-electron chi connectivity index (χ3n) is 5.39. The molecule has 1 amide bonds. The highest BCUT2D eigenvalue weighted by Crippen LogP contribution is 2.42. The van der Waals surface area contributed by atoms with E-state index in [1.807, 2.05) is 6.92 Å². The number of hydrogen-bond acceptors (Lipinski definition) is 5. The average molecular weight is 427 g/mol. The van der Waals surface area contributed by atoms with Gasteiger partial charge in [0.2, 0.25) is 10.0 Å². The number of aryl methyl sites for hydroxylation is 1. The van der Waals surface area contributed by atoms with Crippen LogP contribution in [0, 0.1) is 6.92 Å². The van der Waals surface area contributed by atoms with Gasteiger partial charge in [-0.05, 0) is 38.5 Å². The zero-order chi connectivity index (χ0) is 20.7. The number of benzene rings is 1. The van der Waals surface area contributed by atoms with Crippen molar-refractivity contribution in [1.29, 1.82) is 0 Å². The Morgan fingerprint density at radius 1 is 1.29 bits per heavy atom. The zero-order valence-corrected chi connectivity index (χ0v) is 17.6. The van der Waals surface area contributed by atoms with Gasteiger partial charge in [0, 0.05) is 42.2 Å². The molecule has 1 spiro atoms. The molecular weight excluding hydrogens is 404 g/mol. The molecule has 0 saturated carbocycles. The van der Waals surface area contributed by atoms with Gasteiger partial charge in [-0.1, -0.05) is 17.7 Å². The van der Waals surface area contributed by atoms with E-state index in [4.69, 9.17) is 16.3 Å². The first-order valence-corrected chi connectivity index (χ1v) is 11.1. The van der Waals surface area contributed by atoms with E-state index in [0.29, 0.717) is 10.7 Å². The molecule has 7 nitrogen and oxygen atoms in total. The van der Waals surface area contributed by atoms with E-state index in [-0.39, 0.29) is 42.8 Å². The molecule has 1 saturated heterocycles. The van der Waals surface area contributed by atoms with E-state index < -0.39 is 27.5 Å². The number of nitrogens with one attached hydrogen (secondary N) is 1. The van der Waals surface area contributed by atoms with Gasteiger partial charge in [-0.25, -0.2) is 17.5 Å². The molecule has 1 aromatic carbocycles. The molecular formula is C19H23ClN2O5S. The van der Waals surface area contributed by atoms with Crippen LogP contribution in [0.3, 0.4) is 0 Å². The van der Waals surface area contributed by atoms with Crippen molar-refractivity contribution in [2.45, 2.75) is 39.2 Å². The standard InChI is InChI=1S/C19H23ClN2O5S/c1-4-28(25,26)22-9-7-19(8-10-22)16(13(3)18(24)27-19)17(23)21-15-11-14(20)6-5-12(15)2/h5-6,11H,4,7-10H2,1-3H3,(H,21,23). The van der Waals surface area contributed by atoms with E-state index in [2.05, 4.69) is 5.32 Å². The quantitative estimate of drug-likeness (QED) is 0.747. The molecule has 2 aliphatic rings. The number of hydrogen-bond donors (Lipinski definition) is 1. The minimum atomic E-state index is -3.33. The zero-order valence-electron chi connectivity index (χ0n) is 16.0. The molecule has 9 heteroatoms. The fraction of sp³-hybridized carbons (Fsp3) is 0.474. The van der Waals surface area contributed by atoms with Crippen LogP contribution in [0.2, 0.25) is 5.02 Å². The third kappa shape index (κ3) is 3.68. The van der Waals surface area contributed by atoms with Gasteiger partial charge in [-0.3, -0.25) is 4.79 Å². The summed E-state index contributed by atoms with van der Waals surface area (Å²) in [5.41, 5.74) is 0.809. The van der Waals surface area contributed by atoms with Gasteiger partial charge in [-0.2, -0.15) is 0 Å². The second-order valence-electron chi connectivity index (χ2n) is 7.10. The maximum atomic E-state index is 13.1. The molecule has 1 aromatic rings. The van der Waals surface area contributed by atoms with Gasteiger partial charge in [-0.15, -0.1) is 0 Å². The summed E-state index contributed by atoms with van der Waals surface area (Å²) < 4.78 is 31.2. The summed E-state index contributed by atoms with van der Waals surface area (Å²) >= 11 is 6.02. The monoisotopic (exact) mass is 426 g/mol. The van der Waals surface area contributed by atoms with Crippen LogP contribution in [0.4, 0.5) is 5.69 Å². The topological polar surface area (TPSA) is 92.8 Å². The Hall–Kier alpha value is -1.90. The Labute approximate surface area is 169 Å². The van der Waals surface area contributed by atoms with Gasteiger partial charge in [0.25, 0.3) is 5.91 Å². The fourth-order valence-corrected chi connectivity index (χ4v) is 4.98. The summed E-state index contributed by atoms with van der Waals surface area (Å²) in [5.74, 6) is -0.962. The first-order chi connectivity index (χ1) is 13.1. The second-order valence-corrected chi connectivity index (χ2v) is 9.79. The highest BCUT2D eigenvalue weighted by molar-refractivity contribution is 7.89. The summed E-state index contributed by atoms with van der Waals surface area (Å²) in [4.78, 5) is 25.3. The van der Waals surface area contributed by atoms with Gasteiger partial charge in [0.15, 0.2) is 0 Å². The summed E-state index contributed by atoms with van der Waals surface area (Å²) in [6.07, 6.45) is 0.485. The Morgan fingerprint density at radius 2 is 1.93 bits per heavy atom. The lowest BCUT2D eigenvalue weighted by atomic mass is 9.83. The average Bonchev–Trinajstić information content (AvgIpc) is 2.88. The van der Waals surface area contributed by atoms with E-state index in [0.717, 1.165) is 5.56 Å². The molecule has 1 N–H and O–H groups in total. The number of anilines is 1. The molecule has 0 radical (unpaired) electrons. The van der Waals surface area contributed by atoms with Crippen molar-refractivity contribution in [1.82, 2.24) is 4.31 Å². The molecule has 2 heterocycles. The van der Waals surface area contributed by atoms with Crippen molar-refractivity contribution in [2.24, 2.45) is 0 Å². The summed E-state index contributed by atoms with van der Waals surface area (Å²) in [6.45, 7) is 5.39. The first-order valence-electron chi connectivity index (χ1n) is 9.09. The van der Waals surface area contributed by atoms with Gasteiger partial charge >= 0.3 is 5.97 Å². The Morgan fingerprint density at radius 3 is 2.54 bits per heavy atom. The number of amides is 1. The van der Waals surface area contributed by atoms with E-state index >= 15 is 0 Å². The summed E-state index contributed by atoms with van der Waals surface area (Å²) in [5, 5.41) is 3.31. The number of carbonyl (C=O) groups is 2. The molecule has 0 unspecified atom stereocenters. The second kappa shape index (κ2) is 7.50. The molecule has 0 aliphatic carbocycles. The lowest BCUT2D eigenvalue weighted by Gasteiger charge is -2.38. The van der Waals surface area contributed by atoms with Crippen LogP contribution < -0.4 is 5.32 Å². The SMILES string of the molecule is CCS(=O)(=O)N1CCC2(CC1)OC(=O)C(C)=C2C(=O)Nc1cc(Cl)ccc1C. The molecule has 0 atom stereocenters. The number of ether oxygens (including phenoxy) is 1. The molecule has 152 valence electrons. The summed E-state index contributed by atoms with van der Waals surface area (Å²) in [7, 11) is -3.33. The van der Waals surface area contributed by atoms with E-state index in [1.54, 1.807) is 32.0 Å². The van der Waals surface area contributed by atoms with Crippen LogP contribution >= 0.6 is 11.6 Å².